The Hall–Kier alpha value is -3.22. The van der Waals surface area contributed by atoms with Gasteiger partial charge in [-0.3, -0.25) is 19.6 Å². The molecule has 3 rings (SSSR count). The SMILES string of the molecule is O=[N+]([O-])c1cc(S(=O)(=O)Nc2ccccc2NS(=O)(=O)c2ccc(F)cc2)ccc1Cl. The zero-order valence-corrected chi connectivity index (χ0v) is 17.7. The number of nitrogens with one attached hydrogen (secondary N) is 2. The smallest absolute Gasteiger partial charge is 0.277 e. The summed E-state index contributed by atoms with van der Waals surface area (Å²) in [5.74, 6) is -0.621. The summed E-state index contributed by atoms with van der Waals surface area (Å²) < 4.78 is 68.0. The summed E-state index contributed by atoms with van der Waals surface area (Å²) in [5.41, 5.74) is -0.848. The molecule has 0 aliphatic carbocycles. The molecule has 0 saturated carbocycles. The highest BCUT2D eigenvalue weighted by molar-refractivity contribution is 7.93. The first-order valence-corrected chi connectivity index (χ1v) is 11.7. The largest absolute Gasteiger partial charge is 0.289 e. The van der Waals surface area contributed by atoms with Crippen molar-refractivity contribution in [2.45, 2.75) is 9.79 Å². The van der Waals surface area contributed by atoms with E-state index in [2.05, 4.69) is 9.44 Å². The van der Waals surface area contributed by atoms with E-state index >= 15 is 0 Å². The molecular formula is C18H13ClFN3O6S2. The van der Waals surface area contributed by atoms with E-state index in [4.69, 9.17) is 11.6 Å². The summed E-state index contributed by atoms with van der Waals surface area (Å²) in [6.07, 6.45) is 0. The third-order valence-corrected chi connectivity index (χ3v) is 7.03. The molecule has 0 saturated heterocycles. The Labute approximate surface area is 181 Å². The number of rotatable bonds is 7. The number of nitro benzene ring substituents is 1. The predicted octanol–water partition coefficient (Wildman–Crippen LogP) is 3.99. The molecule has 0 radical (unpaired) electrons. The summed E-state index contributed by atoms with van der Waals surface area (Å²) >= 11 is 5.71. The van der Waals surface area contributed by atoms with Crippen LogP contribution in [-0.2, 0) is 20.0 Å². The monoisotopic (exact) mass is 485 g/mol. The molecule has 0 atom stereocenters. The van der Waals surface area contributed by atoms with E-state index in [-0.39, 0.29) is 21.3 Å². The first kappa shape index (κ1) is 22.5. The fraction of sp³-hybridized carbons (Fsp3) is 0. The molecular weight excluding hydrogens is 473 g/mol. The summed E-state index contributed by atoms with van der Waals surface area (Å²) in [6.45, 7) is 0. The summed E-state index contributed by atoms with van der Waals surface area (Å²) in [4.78, 5) is 9.52. The van der Waals surface area contributed by atoms with Crippen LogP contribution in [0.2, 0.25) is 5.02 Å². The molecule has 13 heteroatoms. The maximum atomic E-state index is 13.1. The summed E-state index contributed by atoms with van der Waals surface area (Å²) in [7, 11) is -8.49. The first-order valence-electron chi connectivity index (χ1n) is 8.34. The maximum absolute atomic E-state index is 13.1. The number of halogens is 2. The number of nitro groups is 1. The van der Waals surface area contributed by atoms with E-state index in [0.717, 1.165) is 42.5 Å². The number of nitrogens with zero attached hydrogens (tertiary/aromatic N) is 1. The van der Waals surface area contributed by atoms with Crippen LogP contribution in [0.1, 0.15) is 0 Å². The second-order valence-electron chi connectivity index (χ2n) is 6.08. The second kappa shape index (κ2) is 8.49. The zero-order valence-electron chi connectivity index (χ0n) is 15.3. The molecule has 2 N–H and O–H groups in total. The Morgan fingerprint density at radius 1 is 0.806 bits per heavy atom. The van der Waals surface area contributed by atoms with E-state index in [1.54, 1.807) is 0 Å². The highest BCUT2D eigenvalue weighted by Crippen LogP contribution is 2.30. The molecule has 162 valence electrons. The highest BCUT2D eigenvalue weighted by atomic mass is 35.5. The first-order chi connectivity index (χ1) is 14.5. The molecule has 0 spiro atoms. The Morgan fingerprint density at radius 3 is 1.81 bits per heavy atom. The van der Waals surface area contributed by atoms with Crippen molar-refractivity contribution in [2.24, 2.45) is 0 Å². The Balaban J connectivity index is 1.94. The van der Waals surface area contributed by atoms with Gasteiger partial charge in [0.15, 0.2) is 0 Å². The Kier molecular flexibility index (Phi) is 6.15. The third-order valence-electron chi connectivity index (χ3n) is 3.96. The number of hydrogen-bond donors (Lipinski definition) is 2. The maximum Gasteiger partial charge on any atom is 0.289 e. The van der Waals surface area contributed by atoms with E-state index in [1.807, 2.05) is 0 Å². The van der Waals surface area contributed by atoms with Gasteiger partial charge in [-0.2, -0.15) is 0 Å². The highest BCUT2D eigenvalue weighted by Gasteiger charge is 2.23. The van der Waals surface area contributed by atoms with Crippen molar-refractivity contribution < 1.29 is 26.1 Å². The quantitative estimate of drug-likeness (QED) is 0.383. The van der Waals surface area contributed by atoms with Gasteiger partial charge in [-0.25, -0.2) is 21.2 Å². The molecule has 0 aliphatic rings. The fourth-order valence-corrected chi connectivity index (χ4v) is 4.85. The van der Waals surface area contributed by atoms with E-state index in [1.165, 1.54) is 24.3 Å². The van der Waals surface area contributed by atoms with Crippen LogP contribution in [-0.4, -0.2) is 21.8 Å². The number of sulfonamides is 2. The van der Waals surface area contributed by atoms with Crippen molar-refractivity contribution in [3.05, 3.63) is 87.7 Å². The molecule has 31 heavy (non-hydrogen) atoms. The molecule has 3 aromatic rings. The zero-order chi connectivity index (χ0) is 22.8. The van der Waals surface area contributed by atoms with Crippen molar-refractivity contribution in [2.75, 3.05) is 9.44 Å². The van der Waals surface area contributed by atoms with E-state index in [9.17, 15) is 31.3 Å². The average Bonchev–Trinajstić information content (AvgIpc) is 2.69. The lowest BCUT2D eigenvalue weighted by Crippen LogP contribution is -2.17. The van der Waals surface area contributed by atoms with Gasteiger partial charge in [-0.15, -0.1) is 0 Å². The topological polar surface area (TPSA) is 135 Å². The molecule has 0 heterocycles. The van der Waals surface area contributed by atoms with Crippen LogP contribution in [0.15, 0.2) is 76.5 Å². The summed E-state index contributed by atoms with van der Waals surface area (Å²) in [5, 5.41) is 10.8. The van der Waals surface area contributed by atoms with Crippen molar-refractivity contribution in [3.8, 4) is 0 Å². The van der Waals surface area contributed by atoms with Gasteiger partial charge in [0.05, 0.1) is 26.1 Å². The lowest BCUT2D eigenvalue weighted by molar-refractivity contribution is -0.384. The molecule has 0 bridgehead atoms. The van der Waals surface area contributed by atoms with Gasteiger partial charge in [0.2, 0.25) is 0 Å². The van der Waals surface area contributed by atoms with Crippen LogP contribution in [0.5, 0.6) is 0 Å². The van der Waals surface area contributed by atoms with Gasteiger partial charge < -0.3 is 0 Å². The van der Waals surface area contributed by atoms with Crippen molar-refractivity contribution >= 4 is 48.7 Å². The molecule has 0 unspecified atom stereocenters. The number of benzene rings is 3. The van der Waals surface area contributed by atoms with Gasteiger partial charge in [0.1, 0.15) is 10.8 Å². The number of para-hydroxylation sites is 2. The predicted molar refractivity (Wildman–Crippen MR) is 113 cm³/mol. The van der Waals surface area contributed by atoms with Crippen LogP contribution in [0.3, 0.4) is 0 Å². The molecule has 0 fully saturated rings. The molecule has 0 amide bonds. The van der Waals surface area contributed by atoms with Gasteiger partial charge in [-0.05, 0) is 48.5 Å². The molecule has 3 aromatic carbocycles. The van der Waals surface area contributed by atoms with Crippen LogP contribution >= 0.6 is 11.6 Å². The van der Waals surface area contributed by atoms with E-state index < -0.39 is 41.4 Å². The number of anilines is 2. The molecule has 0 aliphatic heterocycles. The lowest BCUT2D eigenvalue weighted by Gasteiger charge is -2.14. The van der Waals surface area contributed by atoms with Crippen molar-refractivity contribution in [3.63, 3.8) is 0 Å². The fourth-order valence-electron chi connectivity index (χ4n) is 2.48. The molecule has 9 nitrogen and oxygen atoms in total. The van der Waals surface area contributed by atoms with Crippen LogP contribution in [0.4, 0.5) is 21.5 Å². The van der Waals surface area contributed by atoms with Gasteiger partial charge in [0.25, 0.3) is 25.7 Å². The van der Waals surface area contributed by atoms with Crippen LogP contribution in [0.25, 0.3) is 0 Å². The Bertz CT molecular complexity index is 1360. The number of hydrogen-bond acceptors (Lipinski definition) is 6. The minimum absolute atomic E-state index is 0.112. The second-order valence-corrected chi connectivity index (χ2v) is 9.85. The Morgan fingerprint density at radius 2 is 1.29 bits per heavy atom. The third kappa shape index (κ3) is 5.10. The van der Waals surface area contributed by atoms with Crippen molar-refractivity contribution in [1.29, 1.82) is 0 Å². The normalized spacial score (nSPS) is 11.7. The van der Waals surface area contributed by atoms with Gasteiger partial charge in [0, 0.05) is 6.07 Å². The molecule has 0 aromatic heterocycles. The van der Waals surface area contributed by atoms with E-state index in [0.29, 0.717) is 0 Å². The minimum Gasteiger partial charge on any atom is -0.277 e. The van der Waals surface area contributed by atoms with Gasteiger partial charge >= 0.3 is 0 Å². The lowest BCUT2D eigenvalue weighted by atomic mass is 10.3. The minimum atomic E-state index is -4.33. The van der Waals surface area contributed by atoms with Crippen LogP contribution in [0, 0.1) is 15.9 Å². The van der Waals surface area contributed by atoms with Crippen LogP contribution < -0.4 is 9.44 Å². The average molecular weight is 486 g/mol. The standard InChI is InChI=1S/C18H13ClFN3O6S2/c19-15-10-9-14(11-18(15)23(24)25)31(28,29)22-17-4-2-1-3-16(17)21-30(26,27)13-7-5-12(20)6-8-13/h1-11,21-22H. The van der Waals surface area contributed by atoms with Gasteiger partial charge in [-0.1, -0.05) is 23.7 Å². The summed E-state index contributed by atoms with van der Waals surface area (Å²) in [6, 6.07) is 12.5. The van der Waals surface area contributed by atoms with Crippen molar-refractivity contribution in [1.82, 2.24) is 0 Å².